The van der Waals surface area contributed by atoms with Gasteiger partial charge in [-0.15, -0.1) is 0 Å². The van der Waals surface area contributed by atoms with Crippen LogP contribution in [0.1, 0.15) is 136 Å². The van der Waals surface area contributed by atoms with Crippen LogP contribution in [0.2, 0.25) is 0 Å². The Balaban J connectivity index is 1.74. The van der Waals surface area contributed by atoms with E-state index in [0.29, 0.717) is 13.0 Å². The monoisotopic (exact) mass is 697 g/mol. The second-order valence-corrected chi connectivity index (χ2v) is 20.6. The zero-order chi connectivity index (χ0) is 38.8. The quantitative estimate of drug-likeness (QED) is 0.109. The summed E-state index contributed by atoms with van der Waals surface area (Å²) in [6, 6.07) is 19.3. The van der Waals surface area contributed by atoms with Crippen LogP contribution in [0.4, 0.5) is 0 Å². The van der Waals surface area contributed by atoms with Gasteiger partial charge in [0.05, 0.1) is 11.0 Å². The molecule has 4 rings (SSSR count). The molecular formula is C47H68O4. The molecule has 0 aromatic heterocycles. The van der Waals surface area contributed by atoms with E-state index in [-0.39, 0.29) is 29.4 Å². The van der Waals surface area contributed by atoms with Crippen molar-refractivity contribution in [1.29, 1.82) is 0 Å². The van der Waals surface area contributed by atoms with E-state index in [9.17, 15) is 9.59 Å². The number of esters is 1. The summed E-state index contributed by atoms with van der Waals surface area (Å²) < 4.78 is 12.6. The van der Waals surface area contributed by atoms with Gasteiger partial charge in [-0.2, -0.15) is 0 Å². The molecule has 0 spiro atoms. The lowest BCUT2D eigenvalue weighted by atomic mass is 9.38. The van der Waals surface area contributed by atoms with E-state index < -0.39 is 32.5 Å². The second kappa shape index (κ2) is 13.2. The number of carbonyl (C=O) groups is 2. The topological polar surface area (TPSA) is 52.6 Å². The van der Waals surface area contributed by atoms with Crippen molar-refractivity contribution in [2.75, 3.05) is 6.61 Å². The number of rotatable bonds is 12. The predicted octanol–water partition coefficient (Wildman–Crippen LogP) is 13.0. The number of hydrogen-bond donors (Lipinski definition) is 0. The van der Waals surface area contributed by atoms with Gasteiger partial charge in [-0.1, -0.05) is 139 Å². The van der Waals surface area contributed by atoms with E-state index >= 15 is 0 Å². The number of benzene rings is 4. The van der Waals surface area contributed by atoms with Gasteiger partial charge >= 0.3 is 5.97 Å². The Morgan fingerprint density at radius 3 is 1.61 bits per heavy atom. The summed E-state index contributed by atoms with van der Waals surface area (Å²) >= 11 is 0. The second-order valence-electron chi connectivity index (χ2n) is 20.6. The van der Waals surface area contributed by atoms with Gasteiger partial charge in [0.15, 0.2) is 0 Å². The number of ketones is 1. The van der Waals surface area contributed by atoms with E-state index in [2.05, 4.69) is 172 Å². The zero-order valence-electron chi connectivity index (χ0n) is 35.2. The van der Waals surface area contributed by atoms with Crippen LogP contribution in [-0.2, 0) is 25.7 Å². The Morgan fingerprint density at radius 1 is 0.588 bits per heavy atom. The van der Waals surface area contributed by atoms with Crippen molar-refractivity contribution in [3.05, 3.63) is 60.2 Å². The van der Waals surface area contributed by atoms with Crippen LogP contribution in [0.25, 0.3) is 32.3 Å². The fourth-order valence-corrected chi connectivity index (χ4v) is 9.03. The van der Waals surface area contributed by atoms with Crippen LogP contribution in [-0.4, -0.2) is 24.0 Å². The first-order valence-corrected chi connectivity index (χ1v) is 19.0. The highest BCUT2D eigenvalue weighted by Crippen LogP contribution is 2.68. The first-order chi connectivity index (χ1) is 23.0. The molecule has 0 saturated carbocycles. The number of carbonyl (C=O) groups excluding carboxylic acids is 2. The minimum Gasteiger partial charge on any atom is -0.460 e. The molecule has 4 aromatic rings. The standard InChI is InChI=1S/C47H68O4/c1-40(2,3)46(16,36(48)29-43(10,11)26-27-51-42(7,8)9)44(12,13)45(14,15)47(17,41(4,5)6)39(49)50-30-34-28-33-22-18-20-31-24-25-32-21-19-23-35(34)38(32)37(31)33/h18-25,28H,26-27,29-30H2,1-17H3. The molecule has 0 heterocycles. The van der Waals surface area contributed by atoms with Gasteiger partial charge in [-0.05, 0) is 105 Å². The maximum absolute atomic E-state index is 15.0. The number of Topliss-reactive ketones (excluding diaryl/α,β-unsaturated/α-hetero) is 1. The summed E-state index contributed by atoms with van der Waals surface area (Å²) in [5.41, 5.74) is -3.45. The first-order valence-electron chi connectivity index (χ1n) is 19.0. The number of ether oxygens (including phenoxy) is 2. The molecule has 0 aliphatic carbocycles. The van der Waals surface area contributed by atoms with E-state index in [1.54, 1.807) is 0 Å². The van der Waals surface area contributed by atoms with Crippen molar-refractivity contribution in [2.24, 2.45) is 37.9 Å². The predicted molar refractivity (Wildman–Crippen MR) is 216 cm³/mol. The molecule has 0 amide bonds. The Labute approximate surface area is 309 Å². The largest absolute Gasteiger partial charge is 0.460 e. The third-order valence-corrected chi connectivity index (χ3v) is 13.9. The summed E-state index contributed by atoms with van der Waals surface area (Å²) in [4.78, 5) is 29.9. The molecule has 2 atom stereocenters. The van der Waals surface area contributed by atoms with Crippen molar-refractivity contribution in [3.8, 4) is 0 Å². The summed E-state index contributed by atoms with van der Waals surface area (Å²) in [7, 11) is 0. The highest BCUT2D eigenvalue weighted by Gasteiger charge is 2.68. The van der Waals surface area contributed by atoms with Crippen LogP contribution < -0.4 is 0 Å². The highest BCUT2D eigenvalue weighted by atomic mass is 16.5. The SMILES string of the molecule is CC(C)(CCOC(C)(C)C)CC(=O)C(C)(C(C)(C)C)C(C)(C)C(C)(C)C(C)(C(=O)OCc1cc2cccc3ccc4cccc1c4c32)C(C)(C)C. The van der Waals surface area contributed by atoms with Gasteiger partial charge in [0.25, 0.3) is 0 Å². The third-order valence-electron chi connectivity index (χ3n) is 13.9. The average molecular weight is 697 g/mol. The van der Waals surface area contributed by atoms with Crippen molar-refractivity contribution in [2.45, 2.75) is 143 Å². The molecule has 4 heteroatoms. The van der Waals surface area contributed by atoms with Crippen LogP contribution >= 0.6 is 0 Å². The minimum absolute atomic E-state index is 0.172. The molecule has 51 heavy (non-hydrogen) atoms. The zero-order valence-corrected chi connectivity index (χ0v) is 35.2. The molecule has 0 aliphatic heterocycles. The fourth-order valence-electron chi connectivity index (χ4n) is 9.03. The normalized spacial score (nSPS) is 16.4. The summed E-state index contributed by atoms with van der Waals surface area (Å²) in [6.45, 7) is 37.3. The van der Waals surface area contributed by atoms with Crippen molar-refractivity contribution in [1.82, 2.24) is 0 Å². The lowest BCUT2D eigenvalue weighted by molar-refractivity contribution is -0.209. The average Bonchev–Trinajstić information content (AvgIpc) is 2.99. The Morgan fingerprint density at radius 2 is 1.08 bits per heavy atom. The lowest BCUT2D eigenvalue weighted by Crippen LogP contribution is -2.65. The Hall–Kier alpha value is -2.98. The molecule has 280 valence electrons. The molecule has 2 unspecified atom stereocenters. The fraction of sp³-hybridized carbons (Fsp3) is 0.617. The maximum Gasteiger partial charge on any atom is 0.313 e. The molecule has 0 fully saturated rings. The van der Waals surface area contributed by atoms with E-state index in [0.717, 1.165) is 22.8 Å². The van der Waals surface area contributed by atoms with Crippen molar-refractivity contribution in [3.63, 3.8) is 0 Å². The van der Waals surface area contributed by atoms with Gasteiger partial charge < -0.3 is 9.47 Å². The lowest BCUT2D eigenvalue weighted by Gasteiger charge is -2.65. The van der Waals surface area contributed by atoms with Crippen LogP contribution in [0.15, 0.2) is 54.6 Å². The van der Waals surface area contributed by atoms with E-state index in [4.69, 9.17) is 9.47 Å². The summed E-state index contributed by atoms with van der Waals surface area (Å²) in [5, 5.41) is 7.12. The van der Waals surface area contributed by atoms with Crippen molar-refractivity contribution < 1.29 is 19.1 Å². The maximum atomic E-state index is 15.0. The molecular weight excluding hydrogens is 629 g/mol. The van der Waals surface area contributed by atoms with Crippen LogP contribution in [0, 0.1) is 37.9 Å². The molecule has 0 radical (unpaired) electrons. The summed E-state index contributed by atoms with van der Waals surface area (Å²) in [5.74, 6) is -0.00617. The smallest absolute Gasteiger partial charge is 0.313 e. The molecule has 4 aromatic carbocycles. The Bertz CT molecular complexity index is 1890. The molecule has 4 nitrogen and oxygen atoms in total. The van der Waals surface area contributed by atoms with Crippen LogP contribution in [0.5, 0.6) is 0 Å². The van der Waals surface area contributed by atoms with Gasteiger partial charge in [0.2, 0.25) is 0 Å². The Kier molecular flexibility index (Phi) is 10.5. The van der Waals surface area contributed by atoms with Gasteiger partial charge in [0, 0.05) is 18.4 Å². The van der Waals surface area contributed by atoms with Crippen molar-refractivity contribution >= 4 is 44.1 Å². The van der Waals surface area contributed by atoms with E-state index in [1.807, 2.05) is 0 Å². The first kappa shape index (κ1) is 40.8. The molecule has 0 saturated heterocycles. The van der Waals surface area contributed by atoms with Gasteiger partial charge in [-0.3, -0.25) is 9.59 Å². The minimum atomic E-state index is -0.967. The third kappa shape index (κ3) is 6.96. The van der Waals surface area contributed by atoms with Gasteiger partial charge in [0.1, 0.15) is 12.4 Å². The molecule has 0 bridgehead atoms. The highest BCUT2D eigenvalue weighted by molar-refractivity contribution is 6.23. The summed E-state index contributed by atoms with van der Waals surface area (Å²) in [6.07, 6.45) is 1.22. The van der Waals surface area contributed by atoms with Crippen LogP contribution in [0.3, 0.4) is 0 Å². The van der Waals surface area contributed by atoms with Gasteiger partial charge in [-0.25, -0.2) is 0 Å². The van der Waals surface area contributed by atoms with E-state index in [1.165, 1.54) is 21.5 Å². The number of hydrogen-bond acceptors (Lipinski definition) is 4. The molecule has 0 aliphatic rings. The molecule has 0 N–H and O–H groups in total.